The van der Waals surface area contributed by atoms with E-state index >= 15 is 0 Å². The number of rotatable bonds is 11. The molecule has 5 aliphatic rings. The number of benzene rings is 2. The second kappa shape index (κ2) is 14.1. The van der Waals surface area contributed by atoms with Crippen LogP contribution < -0.4 is 5.32 Å². The van der Waals surface area contributed by atoms with E-state index in [0.717, 1.165) is 42.4 Å². The summed E-state index contributed by atoms with van der Waals surface area (Å²) in [6, 6.07) is 19.1. The Bertz CT molecular complexity index is 1330. The Morgan fingerprint density at radius 3 is 2.39 bits per heavy atom. The smallest absolute Gasteiger partial charge is 0.133 e. The van der Waals surface area contributed by atoms with E-state index < -0.39 is 0 Å². The number of hydrogen-bond donors (Lipinski definition) is 2. The third-order valence-corrected chi connectivity index (χ3v) is 12.1. The standard InChI is InChI=1S/C41H55NO2/c1-4-37(44-24-23-29(3)41(42-5-2,34-14-8-6-9-15-34)35-16-10-7-11-17-35)26-33-27-38(31-21-19-30(33)20-22-31)40-28-39(40)32-13-12-18-36(43)25-32/h4,6,8-9,12-15,18,24-25,30-31,33,35,38-40,42-43H,5,7,10-11,16-17,19-22,26-28H2,1-3H3. The molecule has 2 bridgehead atoms. The molecular weight excluding hydrogens is 538 g/mol. The summed E-state index contributed by atoms with van der Waals surface area (Å²) in [5, 5.41) is 14.0. The maximum Gasteiger partial charge on any atom is 0.133 e. The number of allylic oxidation sites excluding steroid dienone is 2. The molecular formula is C41H55NO2. The van der Waals surface area contributed by atoms with Gasteiger partial charge in [0.15, 0.2) is 0 Å². The molecule has 2 aromatic rings. The van der Waals surface area contributed by atoms with Crippen LogP contribution in [0.3, 0.4) is 0 Å². The van der Waals surface area contributed by atoms with Crippen LogP contribution >= 0.6 is 0 Å². The Balaban J connectivity index is 1.18. The molecule has 5 aliphatic carbocycles. The van der Waals surface area contributed by atoms with Gasteiger partial charge in [-0.05, 0) is 148 Å². The van der Waals surface area contributed by atoms with Crippen LogP contribution in [-0.4, -0.2) is 11.7 Å². The average molecular weight is 594 g/mol. The minimum Gasteiger partial charge on any atom is -0.508 e. The summed E-state index contributed by atoms with van der Waals surface area (Å²) in [4.78, 5) is 0. The van der Waals surface area contributed by atoms with Crippen LogP contribution in [0.1, 0.15) is 115 Å². The number of ether oxygens (including phenoxy) is 1. The SMILES string of the molecule is CC=C(CC1CC(C2CC2c2cccc(O)c2)C2CCC1CC2)OC=C=C(C)C(NCC)(c1ccccc1)C1CCCCC1. The molecule has 0 aromatic heterocycles. The lowest BCUT2D eigenvalue weighted by Crippen LogP contribution is -2.50. The molecule has 0 radical (unpaired) electrons. The fourth-order valence-electron chi connectivity index (χ4n) is 9.83. The molecule has 0 amide bonds. The van der Waals surface area contributed by atoms with Crippen molar-refractivity contribution in [1.29, 1.82) is 0 Å². The van der Waals surface area contributed by atoms with Crippen molar-refractivity contribution in [2.45, 2.75) is 109 Å². The third kappa shape index (κ3) is 6.61. The van der Waals surface area contributed by atoms with E-state index in [-0.39, 0.29) is 5.54 Å². The quantitative estimate of drug-likeness (QED) is 0.201. The molecule has 5 unspecified atom stereocenters. The topological polar surface area (TPSA) is 41.5 Å². The van der Waals surface area contributed by atoms with Crippen LogP contribution in [0.2, 0.25) is 0 Å². The van der Waals surface area contributed by atoms with Gasteiger partial charge in [-0.1, -0.05) is 74.4 Å². The Morgan fingerprint density at radius 1 is 0.932 bits per heavy atom. The normalized spacial score (nSPS) is 30.1. The van der Waals surface area contributed by atoms with Gasteiger partial charge in [-0.15, -0.1) is 0 Å². The van der Waals surface area contributed by atoms with Crippen molar-refractivity contribution < 1.29 is 9.84 Å². The maximum atomic E-state index is 10.1. The minimum atomic E-state index is -0.212. The van der Waals surface area contributed by atoms with Gasteiger partial charge in [-0.25, -0.2) is 0 Å². The van der Waals surface area contributed by atoms with Crippen LogP contribution in [0.4, 0.5) is 0 Å². The molecule has 3 heteroatoms. The Morgan fingerprint density at radius 2 is 1.68 bits per heavy atom. The molecule has 44 heavy (non-hydrogen) atoms. The lowest BCUT2D eigenvalue weighted by molar-refractivity contribution is 0.196. The molecule has 0 heterocycles. The third-order valence-electron chi connectivity index (χ3n) is 12.1. The van der Waals surface area contributed by atoms with Crippen LogP contribution in [0.25, 0.3) is 0 Å². The zero-order chi connectivity index (χ0) is 30.5. The van der Waals surface area contributed by atoms with Gasteiger partial charge in [-0.2, -0.15) is 0 Å². The lowest BCUT2D eigenvalue weighted by Gasteiger charge is -2.44. The van der Waals surface area contributed by atoms with E-state index in [1.54, 1.807) is 6.07 Å². The molecule has 2 N–H and O–H groups in total. The van der Waals surface area contributed by atoms with Crippen molar-refractivity contribution >= 4 is 0 Å². The summed E-state index contributed by atoms with van der Waals surface area (Å²) in [6.07, 6.45) is 19.7. The van der Waals surface area contributed by atoms with Gasteiger partial charge in [0.05, 0.1) is 5.54 Å². The second-order valence-electron chi connectivity index (χ2n) is 14.4. The first-order valence-electron chi connectivity index (χ1n) is 17.9. The van der Waals surface area contributed by atoms with Gasteiger partial charge in [0.2, 0.25) is 0 Å². The van der Waals surface area contributed by atoms with E-state index in [9.17, 15) is 5.11 Å². The predicted molar refractivity (Wildman–Crippen MR) is 181 cm³/mol. The summed E-state index contributed by atoms with van der Waals surface area (Å²) in [6.45, 7) is 7.54. The van der Waals surface area contributed by atoms with E-state index in [1.165, 1.54) is 87.3 Å². The maximum absolute atomic E-state index is 10.1. The zero-order valence-electron chi connectivity index (χ0n) is 27.4. The van der Waals surface area contributed by atoms with Crippen LogP contribution in [0.15, 0.2) is 84.0 Å². The van der Waals surface area contributed by atoms with Gasteiger partial charge >= 0.3 is 0 Å². The fraction of sp³-hybridized carbons (Fsp3) is 0.585. The van der Waals surface area contributed by atoms with Crippen molar-refractivity contribution in [2.24, 2.45) is 35.5 Å². The van der Waals surface area contributed by atoms with Crippen molar-refractivity contribution in [2.75, 3.05) is 6.54 Å². The Kier molecular flexibility index (Phi) is 10.0. The molecule has 0 aliphatic heterocycles. The highest BCUT2D eigenvalue weighted by Gasteiger charge is 2.50. The van der Waals surface area contributed by atoms with Gasteiger partial charge in [0.1, 0.15) is 17.8 Å². The molecule has 236 valence electrons. The minimum absolute atomic E-state index is 0.212. The fourth-order valence-corrected chi connectivity index (χ4v) is 9.83. The molecule has 7 rings (SSSR count). The van der Waals surface area contributed by atoms with E-state index in [0.29, 0.717) is 23.5 Å². The summed E-state index contributed by atoms with van der Waals surface area (Å²) in [5.41, 5.74) is 7.37. The van der Waals surface area contributed by atoms with Gasteiger partial charge < -0.3 is 15.2 Å². The molecule has 0 saturated heterocycles. The van der Waals surface area contributed by atoms with Crippen molar-refractivity contribution in [3.8, 4) is 5.75 Å². The number of likely N-dealkylation sites (N-methyl/N-ethyl adjacent to an activating group) is 1. The highest BCUT2D eigenvalue weighted by Crippen LogP contribution is 2.60. The van der Waals surface area contributed by atoms with Crippen molar-refractivity contribution in [1.82, 2.24) is 5.32 Å². The first-order chi connectivity index (χ1) is 21.5. The van der Waals surface area contributed by atoms with Gasteiger partial charge in [-0.3, -0.25) is 0 Å². The first-order valence-corrected chi connectivity index (χ1v) is 17.9. The number of hydrogen-bond acceptors (Lipinski definition) is 3. The average Bonchev–Trinajstić information content (AvgIpc) is 3.89. The highest BCUT2D eigenvalue weighted by molar-refractivity contribution is 5.36. The predicted octanol–water partition coefficient (Wildman–Crippen LogP) is 10.4. The summed E-state index contributed by atoms with van der Waals surface area (Å²) in [5.74, 6) is 6.66. The van der Waals surface area contributed by atoms with Crippen LogP contribution in [0.5, 0.6) is 5.75 Å². The molecule has 5 saturated carbocycles. The Hall–Kier alpha value is -2.74. The second-order valence-corrected chi connectivity index (χ2v) is 14.4. The van der Waals surface area contributed by atoms with Crippen LogP contribution in [0, 0.1) is 35.5 Å². The highest BCUT2D eigenvalue weighted by atomic mass is 16.5. The molecule has 5 fully saturated rings. The number of fused-ring (bicyclic) bond motifs is 4. The number of phenols is 1. The molecule has 2 aromatic carbocycles. The summed E-state index contributed by atoms with van der Waals surface area (Å²) in [7, 11) is 0. The largest absolute Gasteiger partial charge is 0.508 e. The van der Waals surface area contributed by atoms with Gasteiger partial charge in [0, 0.05) is 6.42 Å². The zero-order valence-corrected chi connectivity index (χ0v) is 27.4. The summed E-state index contributed by atoms with van der Waals surface area (Å²) < 4.78 is 6.47. The number of phenolic OH excluding ortho intramolecular Hbond substituents is 1. The van der Waals surface area contributed by atoms with Crippen molar-refractivity contribution in [3.63, 3.8) is 0 Å². The van der Waals surface area contributed by atoms with E-state index in [4.69, 9.17) is 4.74 Å². The van der Waals surface area contributed by atoms with Crippen molar-refractivity contribution in [3.05, 3.63) is 95.1 Å². The number of aromatic hydroxyl groups is 1. The van der Waals surface area contributed by atoms with Gasteiger partial charge in [0.25, 0.3) is 0 Å². The monoisotopic (exact) mass is 593 g/mol. The van der Waals surface area contributed by atoms with E-state index in [1.807, 2.05) is 18.4 Å². The molecule has 5 atom stereocenters. The van der Waals surface area contributed by atoms with E-state index in [2.05, 4.69) is 74.3 Å². The summed E-state index contributed by atoms with van der Waals surface area (Å²) >= 11 is 0. The first kappa shape index (κ1) is 31.3. The number of nitrogens with one attached hydrogen (secondary N) is 1. The lowest BCUT2D eigenvalue weighted by atomic mass is 9.67. The van der Waals surface area contributed by atoms with Crippen LogP contribution in [-0.2, 0) is 10.3 Å². The molecule has 0 spiro atoms. The molecule has 3 nitrogen and oxygen atoms in total. The Labute approximate surface area is 266 Å².